The lowest BCUT2D eigenvalue weighted by Gasteiger charge is -2.20. The number of rotatable bonds is 7. The molecule has 1 aromatic rings. The maximum atomic E-state index is 12.0. The van der Waals surface area contributed by atoms with E-state index in [0.29, 0.717) is 19.8 Å². The molecule has 0 spiro atoms. The van der Waals surface area contributed by atoms with Crippen molar-refractivity contribution in [3.8, 4) is 5.75 Å². The maximum Gasteiger partial charge on any atom is 0.240 e. The van der Waals surface area contributed by atoms with Gasteiger partial charge in [-0.2, -0.15) is 0 Å². The van der Waals surface area contributed by atoms with Crippen molar-refractivity contribution in [2.45, 2.75) is 25.9 Å². The quantitative estimate of drug-likeness (QED) is 0.249. The highest BCUT2D eigenvalue weighted by Crippen LogP contribution is 2.30. The Balaban J connectivity index is 2.06. The number of hydrogen-bond acceptors (Lipinski definition) is 6. The van der Waals surface area contributed by atoms with Crippen molar-refractivity contribution in [1.29, 1.82) is 0 Å². The van der Waals surface area contributed by atoms with E-state index in [0.717, 1.165) is 11.3 Å². The predicted octanol–water partition coefficient (Wildman–Crippen LogP) is 0.245. The van der Waals surface area contributed by atoms with E-state index in [-0.39, 0.29) is 23.9 Å². The van der Waals surface area contributed by atoms with Gasteiger partial charge in [0.05, 0.1) is 18.6 Å². The number of benzene rings is 1. The van der Waals surface area contributed by atoms with Crippen LogP contribution in [0.15, 0.2) is 24.3 Å². The van der Waals surface area contributed by atoms with Crippen LogP contribution in [0, 0.1) is 5.92 Å². The molecule has 1 fully saturated rings. The fourth-order valence-corrected chi connectivity index (χ4v) is 2.62. The Labute approximate surface area is 130 Å². The molecule has 2 rings (SSSR count). The van der Waals surface area contributed by atoms with Crippen LogP contribution in [0.1, 0.15) is 25.5 Å². The lowest BCUT2D eigenvalue weighted by molar-refractivity contribution is -0.125. The topological polar surface area (TPSA) is 97.6 Å². The first-order valence-electron chi connectivity index (χ1n) is 7.49. The Morgan fingerprint density at radius 3 is 2.91 bits per heavy atom. The molecular formula is C15H24N4O3. The minimum atomic E-state index is -0.288. The summed E-state index contributed by atoms with van der Waals surface area (Å²) in [6.45, 7) is 5.61. The van der Waals surface area contributed by atoms with Gasteiger partial charge in [0.1, 0.15) is 12.4 Å². The highest BCUT2D eigenvalue weighted by molar-refractivity contribution is 5.80. The Morgan fingerprint density at radius 1 is 1.36 bits per heavy atom. The molecule has 3 atom stereocenters. The summed E-state index contributed by atoms with van der Waals surface area (Å²) in [6.07, 6.45) is 0. The lowest BCUT2D eigenvalue weighted by atomic mass is 9.89. The van der Waals surface area contributed by atoms with Gasteiger partial charge in [0, 0.05) is 12.6 Å². The largest absolute Gasteiger partial charge is 0.491 e. The van der Waals surface area contributed by atoms with E-state index in [1.54, 1.807) is 0 Å². The number of amides is 1. The Hall–Kier alpha value is -1.67. The Morgan fingerprint density at radius 2 is 2.18 bits per heavy atom. The number of carbonyl (C=O) groups is 1. The van der Waals surface area contributed by atoms with E-state index < -0.39 is 0 Å². The van der Waals surface area contributed by atoms with Crippen molar-refractivity contribution in [2.24, 2.45) is 11.8 Å². The monoisotopic (exact) mass is 308 g/mol. The van der Waals surface area contributed by atoms with Crippen molar-refractivity contribution >= 4 is 5.91 Å². The molecule has 1 aliphatic rings. The first kappa shape index (κ1) is 16.7. The molecule has 0 bridgehead atoms. The second-order valence-corrected chi connectivity index (χ2v) is 5.21. The van der Waals surface area contributed by atoms with Crippen LogP contribution in [0.3, 0.4) is 0 Å². The van der Waals surface area contributed by atoms with Gasteiger partial charge in [-0.3, -0.25) is 15.6 Å². The second kappa shape index (κ2) is 8.09. The minimum absolute atomic E-state index is 0.0175. The van der Waals surface area contributed by atoms with E-state index in [1.807, 2.05) is 38.1 Å². The molecule has 1 amide bonds. The van der Waals surface area contributed by atoms with Crippen molar-refractivity contribution in [3.05, 3.63) is 29.8 Å². The summed E-state index contributed by atoms with van der Waals surface area (Å²) in [5.74, 6) is 5.55. The molecule has 1 aliphatic heterocycles. The van der Waals surface area contributed by atoms with Gasteiger partial charge in [-0.15, -0.1) is 0 Å². The zero-order chi connectivity index (χ0) is 15.9. The third-order valence-corrected chi connectivity index (χ3v) is 3.73. The van der Waals surface area contributed by atoms with Crippen LogP contribution < -0.4 is 26.9 Å². The van der Waals surface area contributed by atoms with E-state index in [1.165, 1.54) is 0 Å². The van der Waals surface area contributed by atoms with Gasteiger partial charge in [-0.25, -0.2) is 11.3 Å². The summed E-state index contributed by atoms with van der Waals surface area (Å²) in [5.41, 5.74) is 9.44. The van der Waals surface area contributed by atoms with E-state index in [4.69, 9.17) is 15.3 Å². The summed E-state index contributed by atoms with van der Waals surface area (Å²) in [6, 6.07) is 7.52. The van der Waals surface area contributed by atoms with Crippen molar-refractivity contribution in [1.82, 2.24) is 16.3 Å². The number of nitrogens with two attached hydrogens (primary N) is 1. The molecule has 22 heavy (non-hydrogen) atoms. The average molecular weight is 308 g/mol. The molecule has 3 unspecified atom stereocenters. The van der Waals surface area contributed by atoms with Crippen LogP contribution in [0.2, 0.25) is 0 Å². The number of carbonyl (C=O) groups excluding carboxylic acids is 1. The van der Waals surface area contributed by atoms with Gasteiger partial charge in [-0.05, 0) is 31.5 Å². The van der Waals surface area contributed by atoms with Crippen LogP contribution in [0.25, 0.3) is 0 Å². The van der Waals surface area contributed by atoms with Crippen LogP contribution in [-0.4, -0.2) is 31.8 Å². The maximum absolute atomic E-state index is 12.0. The SMILES string of the molecule is CCOCCOc1cccc(C2NNC(C)C2C(=O)NN)c1. The third kappa shape index (κ3) is 3.95. The number of nitrogens with one attached hydrogen (secondary N) is 3. The van der Waals surface area contributed by atoms with Gasteiger partial charge >= 0.3 is 0 Å². The summed E-state index contributed by atoms with van der Waals surface area (Å²) < 4.78 is 10.9. The summed E-state index contributed by atoms with van der Waals surface area (Å²) >= 11 is 0. The standard InChI is InChI=1S/C15H24N4O3/c1-3-21-7-8-22-12-6-4-5-11(9-12)14-13(15(20)17-16)10(2)18-19-14/h4-6,9-10,13-14,18-19H,3,7-8,16H2,1-2H3,(H,17,20). The molecule has 1 heterocycles. The zero-order valence-corrected chi connectivity index (χ0v) is 13.0. The average Bonchev–Trinajstić information content (AvgIpc) is 2.93. The smallest absolute Gasteiger partial charge is 0.240 e. The second-order valence-electron chi connectivity index (χ2n) is 5.21. The molecule has 0 saturated carbocycles. The highest BCUT2D eigenvalue weighted by atomic mass is 16.5. The van der Waals surface area contributed by atoms with Crippen LogP contribution in [0.5, 0.6) is 5.75 Å². The van der Waals surface area contributed by atoms with Gasteiger partial charge in [0.2, 0.25) is 5.91 Å². The first-order chi connectivity index (χ1) is 10.7. The van der Waals surface area contributed by atoms with Gasteiger partial charge in [-0.1, -0.05) is 12.1 Å². The number of hydrazine groups is 2. The summed E-state index contributed by atoms with van der Waals surface area (Å²) in [7, 11) is 0. The third-order valence-electron chi connectivity index (χ3n) is 3.73. The van der Waals surface area contributed by atoms with Crippen LogP contribution in [0.4, 0.5) is 0 Å². The minimum Gasteiger partial charge on any atom is -0.491 e. The van der Waals surface area contributed by atoms with Gasteiger partial charge in [0.25, 0.3) is 0 Å². The molecule has 1 saturated heterocycles. The van der Waals surface area contributed by atoms with Gasteiger partial charge < -0.3 is 9.47 Å². The van der Waals surface area contributed by atoms with E-state index in [9.17, 15) is 4.79 Å². The molecule has 7 nitrogen and oxygen atoms in total. The predicted molar refractivity (Wildman–Crippen MR) is 82.7 cm³/mol. The summed E-state index contributed by atoms with van der Waals surface area (Å²) in [4.78, 5) is 12.0. The highest BCUT2D eigenvalue weighted by Gasteiger charge is 2.39. The van der Waals surface area contributed by atoms with Crippen LogP contribution >= 0.6 is 0 Å². The van der Waals surface area contributed by atoms with Crippen LogP contribution in [-0.2, 0) is 9.53 Å². The van der Waals surface area contributed by atoms with Crippen molar-refractivity contribution in [3.63, 3.8) is 0 Å². The molecule has 1 aromatic carbocycles. The molecule has 0 radical (unpaired) electrons. The molecule has 5 N–H and O–H groups in total. The molecule has 0 aliphatic carbocycles. The summed E-state index contributed by atoms with van der Waals surface area (Å²) in [5, 5.41) is 0. The van der Waals surface area contributed by atoms with Gasteiger partial charge in [0.15, 0.2) is 0 Å². The van der Waals surface area contributed by atoms with E-state index >= 15 is 0 Å². The fourth-order valence-electron chi connectivity index (χ4n) is 2.62. The normalized spacial score (nSPS) is 24.2. The van der Waals surface area contributed by atoms with Crippen molar-refractivity contribution in [2.75, 3.05) is 19.8 Å². The fraction of sp³-hybridized carbons (Fsp3) is 0.533. The Bertz CT molecular complexity index is 497. The number of ether oxygens (including phenoxy) is 2. The van der Waals surface area contributed by atoms with E-state index in [2.05, 4.69) is 16.3 Å². The zero-order valence-electron chi connectivity index (χ0n) is 13.0. The molecule has 7 heteroatoms. The molecular weight excluding hydrogens is 284 g/mol. The molecule has 122 valence electrons. The Kier molecular flexibility index (Phi) is 6.14. The first-order valence-corrected chi connectivity index (χ1v) is 7.49. The molecule has 0 aromatic heterocycles. The van der Waals surface area contributed by atoms with Crippen molar-refractivity contribution < 1.29 is 14.3 Å². The number of hydrogen-bond donors (Lipinski definition) is 4. The lowest BCUT2D eigenvalue weighted by Crippen LogP contribution is -2.41.